The summed E-state index contributed by atoms with van der Waals surface area (Å²) in [5.41, 5.74) is 0. The molecule has 0 aromatic rings. The van der Waals surface area contributed by atoms with Gasteiger partial charge >= 0.3 is 121 Å². The molecule has 0 bridgehead atoms. The Kier molecular flexibility index (Phi) is 19.3. The zero-order valence-corrected chi connectivity index (χ0v) is 21.4. The summed E-state index contributed by atoms with van der Waals surface area (Å²) in [6, 6.07) is 0. The predicted molar refractivity (Wildman–Crippen MR) is 65.5 cm³/mol. The molecular weight excluding hydrogens is 488 g/mol. The Bertz CT molecular complexity index is 440. The maximum absolute atomic E-state index is 10.7. The molecule has 23 heavy (non-hydrogen) atoms. The van der Waals surface area contributed by atoms with Gasteiger partial charge in [0.1, 0.15) is 0 Å². The molecule has 0 saturated carbocycles. The monoisotopic (exact) mass is 494 g/mol. The van der Waals surface area contributed by atoms with E-state index in [2.05, 4.69) is 0 Å². The molecular formula is C2H6Ca3N2O12P4. The van der Waals surface area contributed by atoms with Crippen LogP contribution in [-0.2, 0) is 18.3 Å². The Balaban J connectivity index is -0.000000602. The first-order chi connectivity index (χ1) is 8.47. The van der Waals surface area contributed by atoms with Crippen LogP contribution in [0.25, 0.3) is 0 Å². The van der Waals surface area contributed by atoms with E-state index in [9.17, 15) is 47.6 Å². The summed E-state index contributed by atoms with van der Waals surface area (Å²) >= 11 is 0. The van der Waals surface area contributed by atoms with Crippen LogP contribution < -0.4 is 29.4 Å². The zero-order valence-electron chi connectivity index (χ0n) is 11.2. The van der Waals surface area contributed by atoms with Gasteiger partial charge in [0.15, 0.2) is 0 Å². The largest absolute Gasteiger partial charge is 2.00 e. The van der Waals surface area contributed by atoms with Crippen LogP contribution in [0.3, 0.4) is 0 Å². The molecule has 0 atom stereocenters. The standard InChI is InChI=1S/C2H12N2O12P4.3Ca/c5-17(6,7)3(18(8,9)10)1-2-4(19(11,12)13)20(14,15)16;;;/h1-2H2,(H2,5,6,7)(H2,8,9,10)(H2,11,12,13)(H2,14,15,16);;;/q;3*+2/p-6. The van der Waals surface area contributed by atoms with Gasteiger partial charge in [0.2, 0.25) is 0 Å². The van der Waals surface area contributed by atoms with Gasteiger partial charge in [-0.3, -0.25) is 0 Å². The molecule has 0 aliphatic carbocycles. The topological polar surface area (TPSA) is 254 Å². The minimum absolute atomic E-state index is 0. The van der Waals surface area contributed by atoms with Gasteiger partial charge in [-0.05, 0) is 0 Å². The molecule has 0 fully saturated rings. The third kappa shape index (κ3) is 14.0. The van der Waals surface area contributed by atoms with Gasteiger partial charge in [-0.2, -0.15) is 4.44 Å². The van der Waals surface area contributed by atoms with E-state index in [1.807, 2.05) is 0 Å². The van der Waals surface area contributed by atoms with Crippen molar-refractivity contribution in [1.29, 1.82) is 0 Å². The summed E-state index contributed by atoms with van der Waals surface area (Å²) in [6.45, 7) is -3.44. The SMILES string of the molecule is O=P([O-])([O-])N(CCN(P(=O)([O-])[O-])P(=O)(O)O)P(=O)([O-])[O-].[Ca+2].[Ca+2].[Ca+2]. The smallest absolute Gasteiger partial charge is 0.799 e. The van der Waals surface area contributed by atoms with E-state index in [1.165, 1.54) is 0 Å². The molecule has 0 aromatic heterocycles. The van der Waals surface area contributed by atoms with Crippen LogP contribution >= 0.6 is 31.0 Å². The molecule has 0 rings (SSSR count). The third-order valence-corrected chi connectivity index (χ3v) is 7.42. The van der Waals surface area contributed by atoms with Crippen LogP contribution in [0.1, 0.15) is 0 Å². The fourth-order valence-corrected chi connectivity index (χ4v) is 4.52. The first kappa shape index (κ1) is 34.8. The van der Waals surface area contributed by atoms with Crippen molar-refractivity contribution < 1.29 is 57.4 Å². The molecule has 14 nitrogen and oxygen atoms in total. The number of rotatable bonds is 7. The molecule has 0 saturated heterocycles. The van der Waals surface area contributed by atoms with Gasteiger partial charge in [-0.25, -0.2) is 9.01 Å². The van der Waals surface area contributed by atoms with Crippen LogP contribution in [-0.4, -0.2) is 145 Å². The second-order valence-corrected chi connectivity index (χ2v) is 9.51. The Morgan fingerprint density at radius 1 is 0.609 bits per heavy atom. The van der Waals surface area contributed by atoms with Crippen LogP contribution in [0, 0.1) is 0 Å². The Hall–Kier alpha value is 4.30. The average molecular weight is 494 g/mol. The van der Waals surface area contributed by atoms with Gasteiger partial charge in [0.25, 0.3) is 0 Å². The first-order valence-corrected chi connectivity index (χ1v) is 10.2. The molecule has 0 aliphatic heterocycles. The molecule has 0 radical (unpaired) electrons. The number of hydrogen-bond acceptors (Lipinski definition) is 10. The number of hydrogen-bond donors (Lipinski definition) is 2. The van der Waals surface area contributed by atoms with Crippen LogP contribution in [0.15, 0.2) is 0 Å². The second-order valence-electron chi connectivity index (χ2n) is 3.11. The summed E-state index contributed by atoms with van der Waals surface area (Å²) in [7, 11) is -24.2. The van der Waals surface area contributed by atoms with Crippen molar-refractivity contribution in [2.45, 2.75) is 0 Å². The maximum atomic E-state index is 10.7. The Morgan fingerprint density at radius 2 is 0.826 bits per heavy atom. The summed E-state index contributed by atoms with van der Waals surface area (Å²) < 4.78 is 39.8. The van der Waals surface area contributed by atoms with Crippen molar-refractivity contribution in [3.05, 3.63) is 0 Å². The third-order valence-electron chi connectivity index (χ3n) is 1.65. The maximum Gasteiger partial charge on any atom is 2.00 e. The summed E-state index contributed by atoms with van der Waals surface area (Å²) in [5, 5.41) is 0. The summed E-state index contributed by atoms with van der Waals surface area (Å²) in [4.78, 5) is 80.0. The Labute approximate surface area is 219 Å². The molecule has 0 unspecified atom stereocenters. The molecule has 122 valence electrons. The van der Waals surface area contributed by atoms with Crippen LogP contribution in [0.4, 0.5) is 0 Å². The van der Waals surface area contributed by atoms with Crippen LogP contribution in [0.2, 0.25) is 0 Å². The average Bonchev–Trinajstić information content (AvgIpc) is 2.02. The Morgan fingerprint density at radius 3 is 1.00 bits per heavy atom. The van der Waals surface area contributed by atoms with Gasteiger partial charge in [-0.15, -0.1) is 0 Å². The van der Waals surface area contributed by atoms with Gasteiger partial charge in [-0.1, -0.05) is 0 Å². The minimum Gasteiger partial charge on any atom is -0.799 e. The fourth-order valence-electron chi connectivity index (χ4n) is 0.953. The van der Waals surface area contributed by atoms with E-state index in [-0.39, 0.29) is 113 Å². The van der Waals surface area contributed by atoms with E-state index in [1.54, 1.807) is 0 Å². The van der Waals surface area contributed by atoms with Crippen molar-refractivity contribution >= 4 is 144 Å². The van der Waals surface area contributed by atoms with Crippen molar-refractivity contribution in [2.75, 3.05) is 13.1 Å². The molecule has 0 heterocycles. The molecule has 0 aliphatic rings. The molecule has 0 aromatic carbocycles. The molecule has 2 N–H and O–H groups in total. The molecule has 0 spiro atoms. The normalized spacial score (nSPS) is 13.1. The van der Waals surface area contributed by atoms with Gasteiger partial charge in [0.05, 0.1) is 0 Å². The van der Waals surface area contributed by atoms with Crippen molar-refractivity contribution in [1.82, 2.24) is 8.88 Å². The van der Waals surface area contributed by atoms with E-state index in [0.29, 0.717) is 0 Å². The molecule has 21 heteroatoms. The zero-order chi connectivity index (χ0) is 16.6. The van der Waals surface area contributed by atoms with E-state index >= 15 is 0 Å². The first-order valence-electron chi connectivity index (χ1n) is 4.16. The minimum atomic E-state index is -6.19. The summed E-state index contributed by atoms with van der Waals surface area (Å²) in [6.07, 6.45) is 0. The summed E-state index contributed by atoms with van der Waals surface area (Å²) in [5.74, 6) is 0. The fraction of sp³-hybridized carbons (Fsp3) is 1.00. The quantitative estimate of drug-likeness (QED) is 0.246. The van der Waals surface area contributed by atoms with Crippen LogP contribution in [0.5, 0.6) is 0 Å². The van der Waals surface area contributed by atoms with Crippen molar-refractivity contribution in [3.8, 4) is 0 Å². The van der Waals surface area contributed by atoms with E-state index in [0.717, 1.165) is 0 Å². The van der Waals surface area contributed by atoms with E-state index in [4.69, 9.17) is 9.79 Å². The van der Waals surface area contributed by atoms with Crippen molar-refractivity contribution in [2.24, 2.45) is 0 Å². The second kappa shape index (κ2) is 12.8. The predicted octanol–water partition coefficient (Wildman–Crippen LogP) is -6.97. The molecule has 0 amide bonds. The number of nitrogens with zero attached hydrogens (tertiary/aromatic N) is 2. The van der Waals surface area contributed by atoms with Crippen molar-refractivity contribution in [3.63, 3.8) is 0 Å². The van der Waals surface area contributed by atoms with E-state index < -0.39 is 53.0 Å². The van der Waals surface area contributed by atoms with Gasteiger partial charge in [0, 0.05) is 36.3 Å². The van der Waals surface area contributed by atoms with Gasteiger partial charge < -0.3 is 52.8 Å².